The van der Waals surface area contributed by atoms with Crippen molar-refractivity contribution in [1.29, 1.82) is 0 Å². The fraction of sp³-hybridized carbons (Fsp3) is 0.737. The number of hydrogen-bond donors (Lipinski definition) is 1. The summed E-state index contributed by atoms with van der Waals surface area (Å²) in [5.74, 6) is 0.712. The standard InChI is InChI=1S/C19H30N4O3/c1-19(2,3)15-12-17(26-21-15)20-16(24)13-22-10-6-14(7-11-22)18(25)23-8-4-5-9-23/h12,14H,4-11,13H2,1-3H3,(H,20,24). The number of nitrogens with zero attached hydrogens (tertiary/aromatic N) is 3. The van der Waals surface area contributed by atoms with Crippen molar-refractivity contribution < 1.29 is 14.1 Å². The van der Waals surface area contributed by atoms with Gasteiger partial charge in [-0.1, -0.05) is 25.9 Å². The van der Waals surface area contributed by atoms with Crippen molar-refractivity contribution in [3.8, 4) is 0 Å². The van der Waals surface area contributed by atoms with Crippen LogP contribution in [0.15, 0.2) is 10.6 Å². The van der Waals surface area contributed by atoms with E-state index in [1.54, 1.807) is 6.07 Å². The molecular formula is C19H30N4O3. The van der Waals surface area contributed by atoms with Crippen LogP contribution in [-0.2, 0) is 15.0 Å². The summed E-state index contributed by atoms with van der Waals surface area (Å²) < 4.78 is 5.21. The fourth-order valence-corrected chi connectivity index (χ4v) is 3.60. The molecule has 2 fully saturated rings. The van der Waals surface area contributed by atoms with Gasteiger partial charge in [-0.05, 0) is 38.8 Å². The molecule has 3 heterocycles. The fourth-order valence-electron chi connectivity index (χ4n) is 3.60. The summed E-state index contributed by atoms with van der Waals surface area (Å²) >= 11 is 0. The molecule has 7 heteroatoms. The second-order valence-corrected chi connectivity index (χ2v) is 8.46. The highest BCUT2D eigenvalue weighted by Crippen LogP contribution is 2.24. The van der Waals surface area contributed by atoms with Gasteiger partial charge in [0.05, 0.1) is 12.2 Å². The zero-order valence-corrected chi connectivity index (χ0v) is 16.1. The van der Waals surface area contributed by atoms with E-state index in [1.807, 2.05) is 25.7 Å². The minimum absolute atomic E-state index is 0.106. The van der Waals surface area contributed by atoms with Crippen molar-refractivity contribution in [3.05, 3.63) is 11.8 Å². The van der Waals surface area contributed by atoms with E-state index in [1.165, 1.54) is 0 Å². The number of amides is 2. The first-order valence-corrected chi connectivity index (χ1v) is 9.61. The monoisotopic (exact) mass is 362 g/mol. The molecule has 2 amide bonds. The van der Waals surface area contributed by atoms with Crippen LogP contribution in [0.5, 0.6) is 0 Å². The summed E-state index contributed by atoms with van der Waals surface area (Å²) in [6.07, 6.45) is 3.92. The molecule has 0 spiro atoms. The minimum Gasteiger partial charge on any atom is -0.342 e. The van der Waals surface area contributed by atoms with Crippen molar-refractivity contribution in [2.45, 2.75) is 51.9 Å². The maximum absolute atomic E-state index is 12.5. The molecule has 2 saturated heterocycles. The molecule has 1 N–H and O–H groups in total. The number of likely N-dealkylation sites (tertiary alicyclic amines) is 2. The lowest BCUT2D eigenvalue weighted by Gasteiger charge is -2.32. The maximum Gasteiger partial charge on any atom is 0.240 e. The van der Waals surface area contributed by atoms with Crippen molar-refractivity contribution in [2.75, 3.05) is 38.0 Å². The first kappa shape index (κ1) is 18.9. The van der Waals surface area contributed by atoms with E-state index in [0.29, 0.717) is 18.3 Å². The first-order valence-electron chi connectivity index (χ1n) is 9.61. The minimum atomic E-state index is -0.115. The molecule has 1 aromatic heterocycles. The zero-order valence-electron chi connectivity index (χ0n) is 16.1. The molecule has 0 aromatic carbocycles. The third-order valence-corrected chi connectivity index (χ3v) is 5.26. The first-order chi connectivity index (χ1) is 12.3. The topological polar surface area (TPSA) is 78.7 Å². The zero-order chi connectivity index (χ0) is 18.7. The summed E-state index contributed by atoms with van der Waals surface area (Å²) in [6.45, 7) is 9.83. The van der Waals surface area contributed by atoms with Crippen LogP contribution in [0.3, 0.4) is 0 Å². The molecule has 3 rings (SSSR count). The van der Waals surface area contributed by atoms with Crippen LogP contribution in [0.2, 0.25) is 0 Å². The molecule has 26 heavy (non-hydrogen) atoms. The second kappa shape index (κ2) is 7.78. The Hall–Kier alpha value is -1.89. The van der Waals surface area contributed by atoms with Crippen molar-refractivity contribution in [1.82, 2.24) is 15.0 Å². The molecule has 0 saturated carbocycles. The Bertz CT molecular complexity index is 635. The number of aromatic nitrogens is 1. The lowest BCUT2D eigenvalue weighted by Crippen LogP contribution is -2.43. The Kier molecular flexibility index (Phi) is 5.65. The Morgan fingerprint density at radius 3 is 2.42 bits per heavy atom. The van der Waals surface area contributed by atoms with Gasteiger partial charge < -0.3 is 9.42 Å². The number of piperidine rings is 1. The second-order valence-electron chi connectivity index (χ2n) is 8.46. The summed E-state index contributed by atoms with van der Waals surface area (Å²) in [6, 6.07) is 1.78. The number of rotatable bonds is 4. The predicted molar refractivity (Wildman–Crippen MR) is 98.8 cm³/mol. The van der Waals surface area contributed by atoms with Gasteiger partial charge in [0.25, 0.3) is 0 Å². The highest BCUT2D eigenvalue weighted by atomic mass is 16.5. The quantitative estimate of drug-likeness (QED) is 0.889. The largest absolute Gasteiger partial charge is 0.342 e. The van der Waals surface area contributed by atoms with Gasteiger partial charge in [-0.25, -0.2) is 0 Å². The molecule has 0 radical (unpaired) electrons. The van der Waals surface area contributed by atoms with Crippen LogP contribution < -0.4 is 5.32 Å². The van der Waals surface area contributed by atoms with Gasteiger partial charge >= 0.3 is 0 Å². The summed E-state index contributed by atoms with van der Waals surface area (Å²) in [5.41, 5.74) is 0.699. The maximum atomic E-state index is 12.5. The smallest absolute Gasteiger partial charge is 0.240 e. The number of carbonyl (C=O) groups excluding carboxylic acids is 2. The van der Waals surface area contributed by atoms with Crippen LogP contribution in [0.4, 0.5) is 5.88 Å². The Morgan fingerprint density at radius 2 is 1.85 bits per heavy atom. The van der Waals surface area contributed by atoms with E-state index in [4.69, 9.17) is 4.52 Å². The molecule has 0 unspecified atom stereocenters. The lowest BCUT2D eigenvalue weighted by atomic mass is 9.92. The number of nitrogens with one attached hydrogen (secondary N) is 1. The molecule has 0 aliphatic carbocycles. The predicted octanol–water partition coefficient (Wildman–Crippen LogP) is 2.25. The average molecular weight is 362 g/mol. The molecule has 0 bridgehead atoms. The van der Waals surface area contributed by atoms with Crippen LogP contribution in [0, 0.1) is 5.92 Å². The third-order valence-electron chi connectivity index (χ3n) is 5.26. The average Bonchev–Trinajstić information content (AvgIpc) is 3.26. The van der Waals surface area contributed by atoms with E-state index < -0.39 is 0 Å². The molecule has 2 aliphatic heterocycles. The van der Waals surface area contributed by atoms with Gasteiger partial charge in [-0.2, -0.15) is 0 Å². The van der Waals surface area contributed by atoms with Gasteiger partial charge in [0.2, 0.25) is 17.7 Å². The van der Waals surface area contributed by atoms with Crippen molar-refractivity contribution >= 4 is 17.7 Å². The molecule has 7 nitrogen and oxygen atoms in total. The van der Waals surface area contributed by atoms with Crippen LogP contribution in [0.1, 0.15) is 52.1 Å². The highest BCUT2D eigenvalue weighted by Gasteiger charge is 2.30. The van der Waals surface area contributed by atoms with Crippen molar-refractivity contribution in [3.63, 3.8) is 0 Å². The number of anilines is 1. The van der Waals surface area contributed by atoms with Gasteiger partial charge in [-0.15, -0.1) is 0 Å². The van der Waals surface area contributed by atoms with Crippen LogP contribution in [-0.4, -0.2) is 59.5 Å². The Balaban J connectivity index is 1.43. The highest BCUT2D eigenvalue weighted by molar-refractivity contribution is 5.91. The van der Waals surface area contributed by atoms with Crippen LogP contribution >= 0.6 is 0 Å². The summed E-state index contributed by atoms with van der Waals surface area (Å²) in [7, 11) is 0. The third kappa shape index (κ3) is 4.63. The van der Waals surface area contributed by atoms with Gasteiger partial charge in [0.15, 0.2) is 0 Å². The van der Waals surface area contributed by atoms with E-state index in [0.717, 1.165) is 57.6 Å². The van der Waals surface area contributed by atoms with Gasteiger partial charge in [0.1, 0.15) is 0 Å². The molecular weight excluding hydrogens is 332 g/mol. The normalized spacial score (nSPS) is 19.7. The molecule has 2 aliphatic rings. The van der Waals surface area contributed by atoms with Gasteiger partial charge in [-0.3, -0.25) is 19.8 Å². The Morgan fingerprint density at radius 1 is 1.19 bits per heavy atom. The number of carbonyl (C=O) groups is 2. The summed E-state index contributed by atoms with van der Waals surface area (Å²) in [4.78, 5) is 28.8. The SMILES string of the molecule is CC(C)(C)c1cc(NC(=O)CN2CCC(C(=O)N3CCCC3)CC2)on1. The molecule has 144 valence electrons. The van der Waals surface area contributed by atoms with Crippen molar-refractivity contribution in [2.24, 2.45) is 5.92 Å². The van der Waals surface area contributed by atoms with E-state index in [9.17, 15) is 9.59 Å². The molecule has 1 aromatic rings. The van der Waals surface area contributed by atoms with Crippen LogP contribution in [0.25, 0.3) is 0 Å². The summed E-state index contributed by atoms with van der Waals surface area (Å²) in [5, 5.41) is 6.78. The number of hydrogen-bond acceptors (Lipinski definition) is 5. The van der Waals surface area contributed by atoms with Gasteiger partial charge in [0, 0.05) is 30.5 Å². The van der Waals surface area contributed by atoms with E-state index in [-0.39, 0.29) is 17.2 Å². The molecule has 0 atom stereocenters. The van der Waals surface area contributed by atoms with E-state index in [2.05, 4.69) is 15.4 Å². The Labute approximate surface area is 155 Å². The van der Waals surface area contributed by atoms with E-state index >= 15 is 0 Å². The lowest BCUT2D eigenvalue weighted by molar-refractivity contribution is -0.136.